The summed E-state index contributed by atoms with van der Waals surface area (Å²) in [6.45, 7) is 7.41. The Morgan fingerprint density at radius 2 is 1.87 bits per heavy atom. The molecule has 1 aromatic rings. The molecule has 126 valence electrons. The number of carbonyl (C=O) groups excluding carboxylic acids is 2. The van der Waals surface area contributed by atoms with Gasteiger partial charge in [-0.15, -0.1) is 0 Å². The number of rotatable bonds is 5. The van der Waals surface area contributed by atoms with E-state index in [1.165, 1.54) is 6.42 Å². The predicted octanol–water partition coefficient (Wildman–Crippen LogP) is 2.23. The first kappa shape index (κ1) is 17.5. The summed E-state index contributed by atoms with van der Waals surface area (Å²) in [7, 11) is 0. The number of amides is 2. The topological polar surface area (TPSA) is 61.4 Å². The summed E-state index contributed by atoms with van der Waals surface area (Å²) >= 11 is 0. The van der Waals surface area contributed by atoms with E-state index in [4.69, 9.17) is 0 Å². The number of carbonyl (C=O) groups is 2. The highest BCUT2D eigenvalue weighted by Crippen LogP contribution is 2.19. The zero-order valence-electron chi connectivity index (χ0n) is 14.3. The summed E-state index contributed by atoms with van der Waals surface area (Å²) in [6, 6.07) is 6.32. The number of benzene rings is 1. The summed E-state index contributed by atoms with van der Waals surface area (Å²) in [6.07, 6.45) is 3.52. The van der Waals surface area contributed by atoms with Crippen LogP contribution in [0, 0.1) is 13.8 Å². The Kier molecular flexibility index (Phi) is 6.16. The first-order chi connectivity index (χ1) is 11.0. The Morgan fingerprint density at radius 1 is 1.17 bits per heavy atom. The van der Waals surface area contributed by atoms with E-state index in [-0.39, 0.29) is 18.4 Å². The van der Waals surface area contributed by atoms with Crippen molar-refractivity contribution < 1.29 is 9.59 Å². The molecule has 2 N–H and O–H groups in total. The lowest BCUT2D eigenvalue weighted by molar-refractivity contribution is -0.125. The third-order valence-electron chi connectivity index (χ3n) is 4.48. The Bertz CT molecular complexity index is 551. The number of para-hydroxylation sites is 1. The normalized spacial score (nSPS) is 18.5. The van der Waals surface area contributed by atoms with Crippen LogP contribution in [0.4, 0.5) is 5.69 Å². The van der Waals surface area contributed by atoms with Crippen molar-refractivity contribution in [2.24, 2.45) is 0 Å². The highest BCUT2D eigenvalue weighted by Gasteiger charge is 2.20. The van der Waals surface area contributed by atoms with Crippen molar-refractivity contribution in [2.45, 2.75) is 46.1 Å². The molecule has 1 fully saturated rings. The van der Waals surface area contributed by atoms with Gasteiger partial charge in [-0.1, -0.05) is 24.6 Å². The Balaban J connectivity index is 1.78. The molecule has 2 rings (SSSR count). The molecule has 0 saturated carbocycles. The van der Waals surface area contributed by atoms with Gasteiger partial charge in [0, 0.05) is 11.7 Å². The van der Waals surface area contributed by atoms with Gasteiger partial charge in [0.1, 0.15) is 0 Å². The van der Waals surface area contributed by atoms with Gasteiger partial charge in [-0.3, -0.25) is 14.5 Å². The summed E-state index contributed by atoms with van der Waals surface area (Å²) in [4.78, 5) is 26.2. The molecule has 0 spiro atoms. The maximum atomic E-state index is 12.0. The van der Waals surface area contributed by atoms with Gasteiger partial charge in [0.15, 0.2) is 0 Å². The molecule has 0 bridgehead atoms. The molecular formula is C18H27N3O2. The summed E-state index contributed by atoms with van der Waals surface area (Å²) in [5.74, 6) is -0.280. The Hall–Kier alpha value is -1.88. The molecule has 1 atom stereocenters. The van der Waals surface area contributed by atoms with Gasteiger partial charge >= 0.3 is 0 Å². The van der Waals surface area contributed by atoms with E-state index in [0.29, 0.717) is 12.6 Å². The third kappa shape index (κ3) is 5.06. The lowest BCUT2D eigenvalue weighted by atomic mass is 10.0. The van der Waals surface area contributed by atoms with Crippen molar-refractivity contribution in [3.05, 3.63) is 29.3 Å². The zero-order valence-corrected chi connectivity index (χ0v) is 14.3. The lowest BCUT2D eigenvalue weighted by Crippen LogP contribution is -2.45. The van der Waals surface area contributed by atoms with E-state index < -0.39 is 0 Å². The fourth-order valence-corrected chi connectivity index (χ4v) is 3.01. The largest absolute Gasteiger partial charge is 0.346 e. The van der Waals surface area contributed by atoms with Crippen molar-refractivity contribution in [3.8, 4) is 0 Å². The van der Waals surface area contributed by atoms with Crippen molar-refractivity contribution in [1.82, 2.24) is 10.2 Å². The zero-order chi connectivity index (χ0) is 16.8. The molecule has 1 aliphatic heterocycles. The fourth-order valence-electron chi connectivity index (χ4n) is 3.01. The van der Waals surface area contributed by atoms with Gasteiger partial charge in [0.25, 0.3) is 0 Å². The van der Waals surface area contributed by atoms with Gasteiger partial charge in [-0.25, -0.2) is 0 Å². The van der Waals surface area contributed by atoms with E-state index in [1.807, 2.05) is 32.0 Å². The van der Waals surface area contributed by atoms with Crippen LogP contribution in [0.25, 0.3) is 0 Å². The standard InChI is InChI=1S/C18H27N3O2/c1-13-7-6-8-14(2)18(13)20-16(22)11-19-17(23)12-21-10-5-4-9-15(21)3/h6-8,15H,4-5,9-12H2,1-3H3,(H,19,23)(H,20,22)/t15-/m0/s1. The average molecular weight is 317 g/mol. The van der Waals surface area contributed by atoms with Crippen molar-refractivity contribution in [3.63, 3.8) is 0 Å². The van der Waals surface area contributed by atoms with Crippen LogP contribution in [0.5, 0.6) is 0 Å². The van der Waals surface area contributed by atoms with E-state index in [0.717, 1.165) is 36.2 Å². The lowest BCUT2D eigenvalue weighted by Gasteiger charge is -2.32. The molecule has 0 aromatic heterocycles. The van der Waals surface area contributed by atoms with Gasteiger partial charge in [0.2, 0.25) is 11.8 Å². The maximum absolute atomic E-state index is 12.0. The number of anilines is 1. The second-order valence-electron chi connectivity index (χ2n) is 6.41. The van der Waals surface area contributed by atoms with E-state index in [2.05, 4.69) is 22.5 Å². The highest BCUT2D eigenvalue weighted by molar-refractivity contribution is 5.95. The number of aryl methyl sites for hydroxylation is 2. The van der Waals surface area contributed by atoms with Crippen LogP contribution in [0.2, 0.25) is 0 Å². The second-order valence-corrected chi connectivity index (χ2v) is 6.41. The monoisotopic (exact) mass is 317 g/mol. The molecule has 1 aromatic carbocycles. The number of nitrogens with zero attached hydrogens (tertiary/aromatic N) is 1. The van der Waals surface area contributed by atoms with Gasteiger partial charge < -0.3 is 10.6 Å². The minimum absolute atomic E-state index is 0.00876. The fraction of sp³-hybridized carbons (Fsp3) is 0.556. The summed E-state index contributed by atoms with van der Waals surface area (Å²) in [5.41, 5.74) is 2.87. The Morgan fingerprint density at radius 3 is 2.52 bits per heavy atom. The van der Waals surface area contributed by atoms with E-state index in [1.54, 1.807) is 0 Å². The Labute approximate surface area is 138 Å². The molecule has 5 nitrogen and oxygen atoms in total. The van der Waals surface area contributed by atoms with Gasteiger partial charge in [-0.2, -0.15) is 0 Å². The van der Waals surface area contributed by atoms with Crippen molar-refractivity contribution >= 4 is 17.5 Å². The average Bonchev–Trinajstić information content (AvgIpc) is 2.51. The minimum atomic E-state index is -0.192. The van der Waals surface area contributed by atoms with Crippen LogP contribution in [0.1, 0.15) is 37.3 Å². The molecule has 0 unspecified atom stereocenters. The first-order valence-corrected chi connectivity index (χ1v) is 8.34. The molecule has 1 heterocycles. The molecule has 5 heteroatoms. The van der Waals surface area contributed by atoms with Gasteiger partial charge in [-0.05, 0) is 51.3 Å². The van der Waals surface area contributed by atoms with Crippen LogP contribution in [-0.4, -0.2) is 42.4 Å². The molecule has 1 aliphatic rings. The molecule has 0 aliphatic carbocycles. The van der Waals surface area contributed by atoms with Crippen LogP contribution >= 0.6 is 0 Å². The van der Waals surface area contributed by atoms with Crippen LogP contribution < -0.4 is 10.6 Å². The molecular weight excluding hydrogens is 290 g/mol. The first-order valence-electron chi connectivity index (χ1n) is 8.34. The molecule has 2 amide bonds. The molecule has 0 radical (unpaired) electrons. The van der Waals surface area contributed by atoms with Crippen molar-refractivity contribution in [1.29, 1.82) is 0 Å². The third-order valence-corrected chi connectivity index (χ3v) is 4.48. The second kappa shape index (κ2) is 8.11. The van der Waals surface area contributed by atoms with Crippen LogP contribution in [0.15, 0.2) is 18.2 Å². The van der Waals surface area contributed by atoms with E-state index >= 15 is 0 Å². The van der Waals surface area contributed by atoms with E-state index in [9.17, 15) is 9.59 Å². The smallest absolute Gasteiger partial charge is 0.243 e. The number of hydrogen-bond donors (Lipinski definition) is 2. The SMILES string of the molecule is Cc1cccc(C)c1NC(=O)CNC(=O)CN1CCCC[C@@H]1C. The maximum Gasteiger partial charge on any atom is 0.243 e. The number of piperidine rings is 1. The summed E-state index contributed by atoms with van der Waals surface area (Å²) < 4.78 is 0. The minimum Gasteiger partial charge on any atom is -0.346 e. The van der Waals surface area contributed by atoms with Crippen molar-refractivity contribution in [2.75, 3.05) is 25.0 Å². The summed E-state index contributed by atoms with van der Waals surface area (Å²) in [5, 5.41) is 5.60. The highest BCUT2D eigenvalue weighted by atomic mass is 16.2. The molecule has 23 heavy (non-hydrogen) atoms. The molecule has 1 saturated heterocycles. The number of nitrogens with one attached hydrogen (secondary N) is 2. The predicted molar refractivity (Wildman–Crippen MR) is 92.4 cm³/mol. The number of hydrogen-bond acceptors (Lipinski definition) is 3. The van der Waals surface area contributed by atoms with Crippen LogP contribution in [-0.2, 0) is 9.59 Å². The quantitative estimate of drug-likeness (QED) is 0.875. The van der Waals surface area contributed by atoms with Crippen LogP contribution in [0.3, 0.4) is 0 Å². The number of likely N-dealkylation sites (tertiary alicyclic amines) is 1. The van der Waals surface area contributed by atoms with Gasteiger partial charge in [0.05, 0.1) is 13.1 Å².